The van der Waals surface area contributed by atoms with E-state index in [0.717, 1.165) is 27.3 Å². The third kappa shape index (κ3) is 3.46. The van der Waals surface area contributed by atoms with Crippen LogP contribution in [0.3, 0.4) is 0 Å². The number of amides is 1. The van der Waals surface area contributed by atoms with Gasteiger partial charge in [0.1, 0.15) is 5.82 Å². The molecule has 0 bridgehead atoms. The second-order valence-corrected chi connectivity index (χ2v) is 7.54. The monoisotopic (exact) mass is 339 g/mol. The first-order valence-corrected chi connectivity index (χ1v) is 8.88. The molecule has 1 heterocycles. The number of hydrogen-bond donors (Lipinski definition) is 1. The Morgan fingerprint density at radius 1 is 1.17 bits per heavy atom. The molecule has 0 aliphatic carbocycles. The van der Waals surface area contributed by atoms with E-state index in [1.54, 1.807) is 11.8 Å². The van der Waals surface area contributed by atoms with Crippen LogP contribution < -0.4 is 5.32 Å². The molecule has 0 unspecified atom stereocenters. The maximum absolute atomic E-state index is 12.6. The molecule has 0 atom stereocenters. The molecule has 2 aromatic carbocycles. The number of benzene rings is 2. The van der Waals surface area contributed by atoms with Crippen molar-refractivity contribution in [3.8, 4) is 0 Å². The van der Waals surface area contributed by atoms with Crippen LogP contribution in [0.1, 0.15) is 30.0 Å². The Kier molecular flexibility index (Phi) is 4.90. The summed E-state index contributed by atoms with van der Waals surface area (Å²) >= 11 is 1.70. The van der Waals surface area contributed by atoms with Crippen molar-refractivity contribution >= 4 is 28.7 Å². The van der Waals surface area contributed by atoms with Crippen LogP contribution in [-0.2, 0) is 13.6 Å². The Morgan fingerprint density at radius 3 is 2.62 bits per heavy atom. The molecular formula is C19H21N3OS. The molecule has 24 heavy (non-hydrogen) atoms. The zero-order valence-electron chi connectivity index (χ0n) is 14.1. The van der Waals surface area contributed by atoms with Gasteiger partial charge in [0.15, 0.2) is 0 Å². The van der Waals surface area contributed by atoms with Crippen molar-refractivity contribution in [3.63, 3.8) is 0 Å². The summed E-state index contributed by atoms with van der Waals surface area (Å²) in [6.07, 6.45) is 0. The van der Waals surface area contributed by atoms with E-state index in [1.165, 1.54) is 0 Å². The summed E-state index contributed by atoms with van der Waals surface area (Å²) in [5.41, 5.74) is 2.73. The van der Waals surface area contributed by atoms with E-state index in [-0.39, 0.29) is 5.91 Å². The molecule has 0 fully saturated rings. The van der Waals surface area contributed by atoms with Gasteiger partial charge in [0, 0.05) is 17.2 Å². The minimum atomic E-state index is -0.0641. The lowest BCUT2D eigenvalue weighted by molar-refractivity contribution is 0.0946. The Labute approximate surface area is 146 Å². The first-order valence-electron chi connectivity index (χ1n) is 8.00. The van der Waals surface area contributed by atoms with Crippen LogP contribution in [0.15, 0.2) is 53.4 Å². The average molecular weight is 339 g/mol. The maximum atomic E-state index is 12.6. The van der Waals surface area contributed by atoms with Crippen LogP contribution in [-0.4, -0.2) is 20.7 Å². The number of para-hydroxylation sites is 2. The summed E-state index contributed by atoms with van der Waals surface area (Å²) in [4.78, 5) is 18.2. The molecule has 3 aromatic rings. The van der Waals surface area contributed by atoms with Crippen LogP contribution >= 0.6 is 11.8 Å². The molecule has 5 heteroatoms. The normalized spacial score (nSPS) is 11.2. The van der Waals surface area contributed by atoms with Crippen LogP contribution in [0.5, 0.6) is 0 Å². The fourth-order valence-corrected chi connectivity index (χ4v) is 3.57. The zero-order valence-corrected chi connectivity index (χ0v) is 14.9. The molecule has 1 N–H and O–H groups in total. The van der Waals surface area contributed by atoms with Gasteiger partial charge in [-0.25, -0.2) is 4.98 Å². The second-order valence-electron chi connectivity index (χ2n) is 5.92. The molecule has 0 radical (unpaired) electrons. The van der Waals surface area contributed by atoms with Crippen LogP contribution in [0, 0.1) is 0 Å². The van der Waals surface area contributed by atoms with E-state index in [2.05, 4.69) is 24.1 Å². The molecule has 0 spiro atoms. The van der Waals surface area contributed by atoms with Crippen LogP contribution in [0.2, 0.25) is 0 Å². The zero-order chi connectivity index (χ0) is 17.1. The van der Waals surface area contributed by atoms with Gasteiger partial charge in [-0.3, -0.25) is 4.79 Å². The fraction of sp³-hybridized carbons (Fsp3) is 0.263. The van der Waals surface area contributed by atoms with Gasteiger partial charge in [0.2, 0.25) is 0 Å². The molecule has 0 saturated carbocycles. The van der Waals surface area contributed by atoms with Gasteiger partial charge in [0.25, 0.3) is 5.91 Å². The average Bonchev–Trinajstić information content (AvgIpc) is 2.89. The van der Waals surface area contributed by atoms with E-state index in [4.69, 9.17) is 0 Å². The summed E-state index contributed by atoms with van der Waals surface area (Å²) in [5.74, 6) is 0.782. The van der Waals surface area contributed by atoms with Crippen molar-refractivity contribution in [2.45, 2.75) is 30.5 Å². The molecule has 1 aromatic heterocycles. The Bertz CT molecular complexity index is 870. The summed E-state index contributed by atoms with van der Waals surface area (Å²) in [7, 11) is 1.97. The molecule has 3 rings (SSSR count). The summed E-state index contributed by atoms with van der Waals surface area (Å²) < 4.78 is 2.02. The molecule has 1 amide bonds. The van der Waals surface area contributed by atoms with Crippen molar-refractivity contribution in [1.29, 1.82) is 0 Å². The van der Waals surface area contributed by atoms with Gasteiger partial charge in [-0.15, -0.1) is 11.8 Å². The quantitative estimate of drug-likeness (QED) is 0.715. The molecule has 0 aliphatic heterocycles. The second kappa shape index (κ2) is 7.09. The number of hydrogen-bond acceptors (Lipinski definition) is 3. The van der Waals surface area contributed by atoms with Gasteiger partial charge < -0.3 is 9.88 Å². The predicted octanol–water partition coefficient (Wildman–Crippen LogP) is 4.00. The Balaban J connectivity index is 1.77. The standard InChI is InChI=1S/C19H21N3OS/c1-13(2)24-17-11-7-4-8-14(17)19(23)20-12-18-21-15-9-5-6-10-16(15)22(18)3/h4-11,13H,12H2,1-3H3,(H,20,23). The number of aromatic nitrogens is 2. The third-order valence-corrected chi connectivity index (χ3v) is 4.86. The van der Waals surface area contributed by atoms with Crippen LogP contribution in [0.4, 0.5) is 0 Å². The van der Waals surface area contributed by atoms with Crippen molar-refractivity contribution < 1.29 is 4.79 Å². The lowest BCUT2D eigenvalue weighted by atomic mass is 10.2. The number of fused-ring (bicyclic) bond motifs is 1. The topological polar surface area (TPSA) is 46.9 Å². The first kappa shape index (κ1) is 16.6. The highest BCUT2D eigenvalue weighted by atomic mass is 32.2. The summed E-state index contributed by atoms with van der Waals surface area (Å²) in [6, 6.07) is 15.7. The third-order valence-electron chi connectivity index (χ3n) is 3.78. The van der Waals surface area contributed by atoms with Crippen LogP contribution in [0.25, 0.3) is 11.0 Å². The first-order chi connectivity index (χ1) is 11.6. The largest absolute Gasteiger partial charge is 0.345 e. The predicted molar refractivity (Wildman–Crippen MR) is 99.3 cm³/mol. The van der Waals surface area contributed by atoms with Gasteiger partial charge in [0.05, 0.1) is 23.1 Å². The smallest absolute Gasteiger partial charge is 0.252 e. The number of thioether (sulfide) groups is 1. The Morgan fingerprint density at radius 2 is 1.88 bits per heavy atom. The summed E-state index contributed by atoms with van der Waals surface area (Å²) in [5, 5.41) is 3.42. The van der Waals surface area contributed by atoms with E-state index < -0.39 is 0 Å². The highest BCUT2D eigenvalue weighted by molar-refractivity contribution is 8.00. The lowest BCUT2D eigenvalue weighted by Gasteiger charge is -2.11. The number of nitrogens with zero attached hydrogens (tertiary/aromatic N) is 2. The molecule has 4 nitrogen and oxygen atoms in total. The minimum absolute atomic E-state index is 0.0641. The van der Waals surface area contributed by atoms with E-state index in [0.29, 0.717) is 11.8 Å². The molecule has 124 valence electrons. The summed E-state index contributed by atoms with van der Waals surface area (Å²) in [6.45, 7) is 4.66. The SMILES string of the molecule is CC(C)Sc1ccccc1C(=O)NCc1nc2ccccc2n1C. The fourth-order valence-electron chi connectivity index (χ4n) is 2.62. The van der Waals surface area contributed by atoms with E-state index >= 15 is 0 Å². The van der Waals surface area contributed by atoms with Gasteiger partial charge in [-0.1, -0.05) is 38.1 Å². The number of rotatable bonds is 5. The van der Waals surface area contributed by atoms with Crippen molar-refractivity contribution in [1.82, 2.24) is 14.9 Å². The number of carbonyl (C=O) groups is 1. The van der Waals surface area contributed by atoms with Crippen molar-refractivity contribution in [2.75, 3.05) is 0 Å². The number of carbonyl (C=O) groups excluding carboxylic acids is 1. The van der Waals surface area contributed by atoms with Crippen molar-refractivity contribution in [2.24, 2.45) is 7.05 Å². The van der Waals surface area contributed by atoms with Gasteiger partial charge in [-0.2, -0.15) is 0 Å². The number of aryl methyl sites for hydroxylation is 1. The Hall–Kier alpha value is -2.27. The maximum Gasteiger partial charge on any atom is 0.252 e. The van der Waals surface area contributed by atoms with E-state index in [9.17, 15) is 4.79 Å². The van der Waals surface area contributed by atoms with Gasteiger partial charge >= 0.3 is 0 Å². The highest BCUT2D eigenvalue weighted by Crippen LogP contribution is 2.26. The lowest BCUT2D eigenvalue weighted by Crippen LogP contribution is -2.25. The molecule has 0 saturated heterocycles. The highest BCUT2D eigenvalue weighted by Gasteiger charge is 2.14. The van der Waals surface area contributed by atoms with E-state index in [1.807, 2.05) is 60.1 Å². The molecular weight excluding hydrogens is 318 g/mol. The number of nitrogens with one attached hydrogen (secondary N) is 1. The van der Waals surface area contributed by atoms with Gasteiger partial charge in [-0.05, 0) is 24.3 Å². The minimum Gasteiger partial charge on any atom is -0.345 e. The van der Waals surface area contributed by atoms with Crippen molar-refractivity contribution in [3.05, 3.63) is 59.9 Å². The number of imidazole rings is 1. The molecule has 0 aliphatic rings.